The molecule has 0 aromatic heterocycles. The minimum absolute atomic E-state index is 0.0557. The van der Waals surface area contributed by atoms with E-state index in [1.165, 1.54) is 50.6 Å². The molecule has 0 unspecified atom stereocenters. The largest absolute Gasteiger partial charge is 0.352 e. The molecule has 0 bridgehead atoms. The second-order valence-corrected chi connectivity index (χ2v) is 9.54. The Morgan fingerprint density at radius 2 is 1.50 bits per heavy atom. The maximum absolute atomic E-state index is 12.4. The van der Waals surface area contributed by atoms with Crippen LogP contribution in [-0.4, -0.2) is 47.4 Å². The molecule has 0 aliphatic rings. The molecule has 11 nitrogen and oxygen atoms in total. The fourth-order valence-electron chi connectivity index (χ4n) is 2.24. The van der Waals surface area contributed by atoms with Gasteiger partial charge >= 0.3 is 6.03 Å². The van der Waals surface area contributed by atoms with Gasteiger partial charge in [0.15, 0.2) is 0 Å². The molecule has 0 aliphatic carbocycles. The summed E-state index contributed by atoms with van der Waals surface area (Å²) in [6.45, 7) is 0.121. The van der Waals surface area contributed by atoms with E-state index in [2.05, 4.69) is 10.2 Å². The summed E-state index contributed by atoms with van der Waals surface area (Å²) in [6, 6.07) is 9.42. The van der Waals surface area contributed by atoms with E-state index in [-0.39, 0.29) is 21.9 Å². The average Bonchev–Trinajstić information content (AvgIpc) is 2.71. The van der Waals surface area contributed by atoms with Crippen LogP contribution in [-0.2, 0) is 31.4 Å². The SMILES string of the molecule is CON(C)S(=O)(=O)c1ccc(C(=O)NS(=O)(=O)c2ccc(CNC(N)=O)cc2)cc1. The molecule has 0 atom stereocenters. The Kier molecular flexibility index (Phi) is 7.15. The Bertz CT molecular complexity index is 1130. The molecule has 0 saturated carbocycles. The summed E-state index contributed by atoms with van der Waals surface area (Å²) in [4.78, 5) is 27.4. The molecule has 0 saturated heterocycles. The van der Waals surface area contributed by atoms with Crippen LogP contribution in [0.2, 0.25) is 0 Å². The van der Waals surface area contributed by atoms with Crippen molar-refractivity contribution >= 4 is 32.0 Å². The van der Waals surface area contributed by atoms with Gasteiger partial charge in [0.2, 0.25) is 0 Å². The van der Waals surface area contributed by atoms with Gasteiger partial charge in [-0.2, -0.15) is 0 Å². The zero-order valence-corrected chi connectivity index (χ0v) is 17.7. The Morgan fingerprint density at radius 3 is 2.00 bits per heavy atom. The highest BCUT2D eigenvalue weighted by molar-refractivity contribution is 7.90. The number of benzene rings is 2. The van der Waals surface area contributed by atoms with Gasteiger partial charge in [-0.1, -0.05) is 16.6 Å². The molecule has 162 valence electrons. The molecule has 2 aromatic rings. The van der Waals surface area contributed by atoms with Crippen molar-refractivity contribution < 1.29 is 31.3 Å². The summed E-state index contributed by atoms with van der Waals surface area (Å²) in [6.07, 6.45) is 0. The van der Waals surface area contributed by atoms with Crippen LogP contribution in [0, 0.1) is 0 Å². The molecule has 3 amide bonds. The van der Waals surface area contributed by atoms with Crippen LogP contribution in [0.4, 0.5) is 4.79 Å². The van der Waals surface area contributed by atoms with E-state index in [9.17, 15) is 26.4 Å². The number of primary amides is 1. The van der Waals surface area contributed by atoms with Crippen molar-refractivity contribution in [2.24, 2.45) is 5.73 Å². The summed E-state index contributed by atoms with van der Waals surface area (Å²) < 4.78 is 51.7. The molecule has 0 aliphatic heterocycles. The summed E-state index contributed by atoms with van der Waals surface area (Å²) >= 11 is 0. The number of amides is 3. The molecule has 0 radical (unpaired) electrons. The second-order valence-electron chi connectivity index (χ2n) is 5.92. The van der Waals surface area contributed by atoms with Crippen molar-refractivity contribution in [3.63, 3.8) is 0 Å². The second kappa shape index (κ2) is 9.21. The fraction of sp³-hybridized carbons (Fsp3) is 0.176. The van der Waals surface area contributed by atoms with E-state index in [1.807, 2.05) is 4.72 Å². The lowest BCUT2D eigenvalue weighted by Crippen LogP contribution is -2.31. The minimum Gasteiger partial charge on any atom is -0.352 e. The van der Waals surface area contributed by atoms with E-state index in [4.69, 9.17) is 5.73 Å². The number of sulfonamides is 2. The predicted octanol–water partition coefficient (Wildman–Crippen LogP) is 0.156. The van der Waals surface area contributed by atoms with Gasteiger partial charge in [-0.3, -0.25) is 9.63 Å². The third kappa shape index (κ3) is 5.54. The van der Waals surface area contributed by atoms with Gasteiger partial charge in [-0.25, -0.2) is 26.4 Å². The number of hydroxylamine groups is 1. The number of nitrogens with two attached hydrogens (primary N) is 1. The number of nitrogens with zero attached hydrogens (tertiary/aromatic N) is 1. The Balaban J connectivity index is 2.13. The van der Waals surface area contributed by atoms with Gasteiger partial charge < -0.3 is 11.1 Å². The zero-order valence-electron chi connectivity index (χ0n) is 16.0. The monoisotopic (exact) mass is 456 g/mol. The van der Waals surface area contributed by atoms with Gasteiger partial charge in [0.25, 0.3) is 26.0 Å². The average molecular weight is 457 g/mol. The van der Waals surface area contributed by atoms with E-state index in [0.717, 1.165) is 12.1 Å². The number of hydrogen-bond acceptors (Lipinski definition) is 7. The first-order valence-electron chi connectivity index (χ1n) is 8.30. The van der Waals surface area contributed by atoms with Crippen LogP contribution >= 0.6 is 0 Å². The first-order valence-corrected chi connectivity index (χ1v) is 11.2. The molecular weight excluding hydrogens is 436 g/mol. The van der Waals surface area contributed by atoms with Gasteiger partial charge in [0, 0.05) is 19.2 Å². The molecule has 0 spiro atoms. The van der Waals surface area contributed by atoms with E-state index in [0.29, 0.717) is 10.0 Å². The first-order chi connectivity index (χ1) is 14.0. The van der Waals surface area contributed by atoms with Crippen molar-refractivity contribution in [3.8, 4) is 0 Å². The fourth-order valence-corrected chi connectivity index (χ4v) is 4.19. The van der Waals surface area contributed by atoms with Crippen LogP contribution in [0.15, 0.2) is 58.3 Å². The third-order valence-electron chi connectivity index (χ3n) is 3.94. The van der Waals surface area contributed by atoms with Gasteiger partial charge in [-0.05, 0) is 42.0 Å². The standard InChI is InChI=1S/C17H20N4O7S2/c1-21(28-2)30(26,27)15-9-5-13(6-10-15)16(22)20-29(24,25)14-7-3-12(4-8-14)11-19-17(18)23/h3-10H,11H2,1-2H3,(H,20,22)(H3,18,19,23). The van der Waals surface area contributed by atoms with Crippen molar-refractivity contribution in [2.45, 2.75) is 16.3 Å². The van der Waals surface area contributed by atoms with E-state index >= 15 is 0 Å². The number of carbonyl (C=O) groups is 2. The molecule has 2 rings (SSSR count). The van der Waals surface area contributed by atoms with E-state index in [1.54, 1.807) is 0 Å². The van der Waals surface area contributed by atoms with Gasteiger partial charge in [0.1, 0.15) is 0 Å². The maximum Gasteiger partial charge on any atom is 0.312 e. The number of rotatable bonds is 8. The highest BCUT2D eigenvalue weighted by Crippen LogP contribution is 2.16. The molecule has 30 heavy (non-hydrogen) atoms. The quantitative estimate of drug-likeness (QED) is 0.476. The zero-order chi connectivity index (χ0) is 22.5. The lowest BCUT2D eigenvalue weighted by atomic mass is 10.2. The lowest BCUT2D eigenvalue weighted by Gasteiger charge is -2.14. The van der Waals surface area contributed by atoms with Crippen LogP contribution in [0.3, 0.4) is 0 Å². The first kappa shape index (κ1) is 23.3. The summed E-state index contributed by atoms with van der Waals surface area (Å²) in [5, 5.41) is 2.37. The van der Waals surface area contributed by atoms with Crippen molar-refractivity contribution in [3.05, 3.63) is 59.7 Å². The Labute approximate surface area is 173 Å². The summed E-state index contributed by atoms with van der Waals surface area (Å²) in [5.74, 6) is -0.932. The molecule has 13 heteroatoms. The molecule has 0 heterocycles. The maximum atomic E-state index is 12.4. The highest BCUT2D eigenvalue weighted by atomic mass is 32.2. The highest BCUT2D eigenvalue weighted by Gasteiger charge is 2.22. The van der Waals surface area contributed by atoms with Crippen LogP contribution in [0.1, 0.15) is 15.9 Å². The number of hydrogen-bond donors (Lipinski definition) is 3. The van der Waals surface area contributed by atoms with Gasteiger partial charge in [0.05, 0.1) is 16.9 Å². The predicted molar refractivity (Wildman–Crippen MR) is 106 cm³/mol. The molecule has 0 fully saturated rings. The van der Waals surface area contributed by atoms with Crippen molar-refractivity contribution in [2.75, 3.05) is 14.2 Å². The topological polar surface area (TPSA) is 165 Å². The Morgan fingerprint density at radius 1 is 0.967 bits per heavy atom. The van der Waals surface area contributed by atoms with Gasteiger partial charge in [-0.15, -0.1) is 0 Å². The lowest BCUT2D eigenvalue weighted by molar-refractivity contribution is -0.0258. The summed E-state index contributed by atoms with van der Waals surface area (Å²) in [5.41, 5.74) is 5.52. The van der Waals surface area contributed by atoms with Crippen LogP contribution in [0.25, 0.3) is 0 Å². The normalized spacial score (nSPS) is 11.8. The van der Waals surface area contributed by atoms with Crippen LogP contribution in [0.5, 0.6) is 0 Å². The van der Waals surface area contributed by atoms with Crippen molar-refractivity contribution in [1.82, 2.24) is 14.5 Å². The van der Waals surface area contributed by atoms with E-state index < -0.39 is 32.0 Å². The molecule has 2 aromatic carbocycles. The number of urea groups is 1. The molecular formula is C17H20N4O7S2. The number of carbonyl (C=O) groups excluding carboxylic acids is 2. The number of nitrogens with one attached hydrogen (secondary N) is 2. The third-order valence-corrected chi connectivity index (χ3v) is 6.98. The minimum atomic E-state index is -4.17. The summed E-state index contributed by atoms with van der Waals surface area (Å²) in [7, 11) is -5.67. The smallest absolute Gasteiger partial charge is 0.312 e. The van der Waals surface area contributed by atoms with Crippen LogP contribution < -0.4 is 15.8 Å². The Hall–Kier alpha value is -3.00. The van der Waals surface area contributed by atoms with Crippen molar-refractivity contribution in [1.29, 1.82) is 0 Å². The molecule has 4 N–H and O–H groups in total.